The number of benzene rings is 1. The van der Waals surface area contributed by atoms with Gasteiger partial charge >= 0.3 is 6.03 Å². The molecule has 42 heavy (non-hydrogen) atoms. The van der Waals surface area contributed by atoms with Crippen molar-refractivity contribution in [3.63, 3.8) is 0 Å². The van der Waals surface area contributed by atoms with Crippen molar-refractivity contribution in [3.05, 3.63) is 84.5 Å². The van der Waals surface area contributed by atoms with Crippen LogP contribution in [0.15, 0.2) is 84.5 Å². The molecule has 2 atom stereocenters. The monoisotopic (exact) mass is 576 g/mol. The number of nitrogens with one attached hydrogen (secondary N) is 3. The van der Waals surface area contributed by atoms with Crippen molar-refractivity contribution >= 4 is 23.3 Å². The number of rotatable bonds is 11. The van der Waals surface area contributed by atoms with Gasteiger partial charge in [-0.3, -0.25) is 9.69 Å². The predicted octanol–water partition coefficient (Wildman–Crippen LogP) is 7.13. The Morgan fingerprint density at radius 1 is 1.00 bits per heavy atom. The molecule has 2 heterocycles. The van der Waals surface area contributed by atoms with Crippen LogP contribution in [-0.2, 0) is 14.3 Å². The molecule has 0 saturated carbocycles. The first-order valence-corrected chi connectivity index (χ1v) is 14.8. The summed E-state index contributed by atoms with van der Waals surface area (Å²) in [7, 11) is 1.59. The Morgan fingerprint density at radius 2 is 1.67 bits per heavy atom. The largest absolute Gasteiger partial charge is 0.500 e. The topological polar surface area (TPSA) is 91.9 Å². The molecule has 0 aromatic heterocycles. The number of carbonyl (C=O) groups excluding carboxylic acids is 2. The average molecular weight is 577 g/mol. The first kappa shape index (κ1) is 32.7. The lowest BCUT2D eigenvalue weighted by Crippen LogP contribution is -2.49. The SMILES string of the molecule is C=C(/C=C(\OC)C(C)(C)C)NC(=O)Nc1ccc(NC(=O)C(=C)/C=C\C(=C/C)OC[C@H]2CCCN3CCCCC23)cc1. The second-order valence-corrected chi connectivity index (χ2v) is 12.0. The van der Waals surface area contributed by atoms with E-state index >= 15 is 0 Å². The smallest absolute Gasteiger partial charge is 0.323 e. The summed E-state index contributed by atoms with van der Waals surface area (Å²) in [4.78, 5) is 27.7. The van der Waals surface area contributed by atoms with Crippen molar-refractivity contribution < 1.29 is 19.1 Å². The number of urea groups is 1. The van der Waals surface area contributed by atoms with Crippen LogP contribution in [0.25, 0.3) is 0 Å². The van der Waals surface area contributed by atoms with Gasteiger partial charge in [0.05, 0.1) is 13.7 Å². The van der Waals surface area contributed by atoms with Crippen LogP contribution in [0.4, 0.5) is 16.2 Å². The Hall–Kier alpha value is -3.78. The van der Waals surface area contributed by atoms with Crippen molar-refractivity contribution in [1.29, 1.82) is 0 Å². The molecule has 0 spiro atoms. The molecule has 3 rings (SSSR count). The summed E-state index contributed by atoms with van der Waals surface area (Å²) in [6.45, 7) is 18.9. The van der Waals surface area contributed by atoms with Crippen molar-refractivity contribution in [2.24, 2.45) is 11.3 Å². The van der Waals surface area contributed by atoms with E-state index in [-0.39, 0.29) is 11.3 Å². The van der Waals surface area contributed by atoms with E-state index in [2.05, 4.69) is 34.0 Å². The summed E-state index contributed by atoms with van der Waals surface area (Å²) < 4.78 is 11.6. The number of fused-ring (bicyclic) bond motifs is 1. The van der Waals surface area contributed by atoms with Gasteiger partial charge in [0.25, 0.3) is 5.91 Å². The zero-order valence-corrected chi connectivity index (χ0v) is 25.9. The van der Waals surface area contributed by atoms with E-state index in [0.29, 0.717) is 47.0 Å². The third-order valence-corrected chi connectivity index (χ3v) is 7.66. The van der Waals surface area contributed by atoms with E-state index in [1.165, 1.54) is 45.2 Å². The van der Waals surface area contributed by atoms with Gasteiger partial charge in [-0.15, -0.1) is 0 Å². The van der Waals surface area contributed by atoms with Crippen molar-refractivity contribution in [3.8, 4) is 0 Å². The molecule has 0 radical (unpaired) electrons. The van der Waals surface area contributed by atoms with Crippen LogP contribution in [-0.4, -0.2) is 49.7 Å². The summed E-state index contributed by atoms with van der Waals surface area (Å²) in [5.74, 6) is 1.67. The molecule has 2 saturated heterocycles. The number of amides is 3. The maximum Gasteiger partial charge on any atom is 0.323 e. The summed E-state index contributed by atoms with van der Waals surface area (Å²) in [6.07, 6.45) is 13.4. The van der Waals surface area contributed by atoms with Gasteiger partial charge in [-0.2, -0.15) is 0 Å². The molecule has 2 aliphatic rings. The van der Waals surface area contributed by atoms with Crippen LogP contribution >= 0.6 is 0 Å². The predicted molar refractivity (Wildman–Crippen MR) is 171 cm³/mol. The molecule has 8 heteroatoms. The maximum atomic E-state index is 12.7. The molecule has 8 nitrogen and oxygen atoms in total. The summed E-state index contributed by atoms with van der Waals surface area (Å²) in [5.41, 5.74) is 1.65. The lowest BCUT2D eigenvalue weighted by Gasteiger charge is -2.44. The van der Waals surface area contributed by atoms with Gasteiger partial charge in [-0.25, -0.2) is 4.79 Å². The van der Waals surface area contributed by atoms with Gasteiger partial charge in [-0.05, 0) is 94.3 Å². The fourth-order valence-electron chi connectivity index (χ4n) is 5.39. The van der Waals surface area contributed by atoms with Crippen molar-refractivity contribution in [2.75, 3.05) is 37.4 Å². The number of carbonyl (C=O) groups is 2. The molecule has 3 N–H and O–H groups in total. The lowest BCUT2D eigenvalue weighted by atomic mass is 9.84. The van der Waals surface area contributed by atoms with E-state index < -0.39 is 6.03 Å². The minimum atomic E-state index is -0.433. The molecule has 2 fully saturated rings. The van der Waals surface area contributed by atoms with Gasteiger partial charge < -0.3 is 25.4 Å². The highest BCUT2D eigenvalue weighted by molar-refractivity contribution is 6.05. The number of hydrogen-bond donors (Lipinski definition) is 3. The van der Waals surface area contributed by atoms with E-state index in [0.717, 1.165) is 5.76 Å². The molecule has 1 unspecified atom stereocenters. The summed E-state index contributed by atoms with van der Waals surface area (Å²) >= 11 is 0. The number of methoxy groups -OCH3 is 1. The zero-order chi connectivity index (χ0) is 30.7. The van der Waals surface area contributed by atoms with E-state index in [1.54, 1.807) is 49.6 Å². The van der Waals surface area contributed by atoms with Gasteiger partial charge in [0, 0.05) is 40.0 Å². The number of nitrogens with zero attached hydrogens (tertiary/aromatic N) is 1. The Labute approximate surface area is 251 Å². The Morgan fingerprint density at radius 3 is 2.31 bits per heavy atom. The first-order valence-electron chi connectivity index (χ1n) is 14.8. The first-order chi connectivity index (χ1) is 20.0. The zero-order valence-electron chi connectivity index (χ0n) is 25.9. The summed E-state index contributed by atoms with van der Waals surface area (Å²) in [5, 5.41) is 8.27. The third kappa shape index (κ3) is 9.94. The number of ether oxygens (including phenoxy) is 2. The Bertz CT molecular complexity index is 1200. The van der Waals surface area contributed by atoms with Gasteiger partial charge in [-0.1, -0.05) is 40.3 Å². The minimum Gasteiger partial charge on any atom is -0.500 e. The molecule has 228 valence electrons. The number of hydrogen-bond acceptors (Lipinski definition) is 5. The van der Waals surface area contributed by atoms with Gasteiger partial charge in [0.2, 0.25) is 0 Å². The molecule has 1 aromatic carbocycles. The highest BCUT2D eigenvalue weighted by atomic mass is 16.5. The van der Waals surface area contributed by atoms with Crippen LogP contribution < -0.4 is 16.0 Å². The van der Waals surface area contributed by atoms with Crippen LogP contribution in [0.3, 0.4) is 0 Å². The molecule has 2 aliphatic heterocycles. The van der Waals surface area contributed by atoms with Crippen LogP contribution in [0, 0.1) is 11.3 Å². The average Bonchev–Trinajstić information content (AvgIpc) is 2.96. The van der Waals surface area contributed by atoms with Gasteiger partial charge in [0.15, 0.2) is 0 Å². The lowest BCUT2D eigenvalue weighted by molar-refractivity contribution is -0.112. The number of allylic oxidation sites excluding steroid dienone is 4. The standard InChI is InChI=1S/C34H48N4O4/c1-8-29(42-23-26-12-11-21-38-20-10-9-13-30(26)38)19-14-24(2)32(39)36-27-15-17-28(18-16-27)37-33(40)35-25(3)22-31(41-7)34(4,5)6/h8,14-19,22,26,30H,2-3,9-13,20-21,23H2,1,4-7H3,(H,36,39)(H2,35,37,40)/b19-14-,29-8+,31-22-/t26-,30?/m1/s1. The molecular weight excluding hydrogens is 528 g/mol. The highest BCUT2D eigenvalue weighted by Crippen LogP contribution is 2.31. The van der Waals surface area contributed by atoms with Crippen molar-refractivity contribution in [1.82, 2.24) is 10.2 Å². The van der Waals surface area contributed by atoms with E-state index in [4.69, 9.17) is 9.47 Å². The molecule has 1 aromatic rings. The molecule has 0 bridgehead atoms. The second-order valence-electron chi connectivity index (χ2n) is 12.0. The quantitative estimate of drug-likeness (QED) is 0.148. The van der Waals surface area contributed by atoms with Crippen molar-refractivity contribution in [2.45, 2.75) is 65.8 Å². The molecule has 3 amide bonds. The highest BCUT2D eigenvalue weighted by Gasteiger charge is 2.33. The van der Waals surface area contributed by atoms with Crippen LogP contribution in [0.1, 0.15) is 59.8 Å². The minimum absolute atomic E-state index is 0.216. The molecule has 0 aliphatic carbocycles. The van der Waals surface area contributed by atoms with E-state index in [1.807, 2.05) is 33.8 Å². The second kappa shape index (κ2) is 15.4. The number of piperidine rings is 2. The Kier molecular flexibility index (Phi) is 12.0. The van der Waals surface area contributed by atoms with Gasteiger partial charge in [0.1, 0.15) is 11.5 Å². The summed E-state index contributed by atoms with van der Waals surface area (Å²) in [6, 6.07) is 7.02. The molecular formula is C34H48N4O4. The number of anilines is 2. The normalized spacial score (nSPS) is 19.9. The maximum absolute atomic E-state index is 12.7. The fraction of sp³-hybridized carbons (Fsp3) is 0.471. The van der Waals surface area contributed by atoms with Crippen LogP contribution in [0.2, 0.25) is 0 Å². The van der Waals surface area contributed by atoms with E-state index in [9.17, 15) is 9.59 Å². The van der Waals surface area contributed by atoms with Crippen LogP contribution in [0.5, 0.6) is 0 Å². The third-order valence-electron chi connectivity index (χ3n) is 7.66. The fourth-order valence-corrected chi connectivity index (χ4v) is 5.39. The Balaban J connectivity index is 1.45.